The first-order valence-corrected chi connectivity index (χ1v) is 6.06. The quantitative estimate of drug-likeness (QED) is 0.836. The number of nitrogens with one attached hydrogen (secondary N) is 2. The number of hydrogen-bond donors (Lipinski definition) is 2. The molecular weight excluding hydrogens is 208 g/mol. The number of rotatable bonds is 3. The van der Waals surface area contributed by atoms with Gasteiger partial charge in [-0.15, -0.1) is 0 Å². The van der Waals surface area contributed by atoms with Gasteiger partial charge in [0.1, 0.15) is 0 Å². The Kier molecular flexibility index (Phi) is 2.70. The van der Waals surface area contributed by atoms with Gasteiger partial charge in [-0.25, -0.2) is 0 Å². The molecular formula is C15H16N2. The van der Waals surface area contributed by atoms with Crippen molar-refractivity contribution in [2.75, 3.05) is 17.2 Å². The summed E-state index contributed by atoms with van der Waals surface area (Å²) in [5.74, 6) is 0. The molecule has 3 rings (SSSR count). The second-order valence-corrected chi connectivity index (χ2v) is 4.39. The molecule has 1 aliphatic heterocycles. The molecule has 0 amide bonds. The summed E-state index contributed by atoms with van der Waals surface area (Å²) in [6, 6.07) is 17.0. The predicted molar refractivity (Wildman–Crippen MR) is 72.4 cm³/mol. The first-order chi connectivity index (χ1) is 8.42. The molecule has 2 aromatic carbocycles. The van der Waals surface area contributed by atoms with E-state index in [-0.39, 0.29) is 0 Å². The molecule has 0 fully saturated rings. The summed E-state index contributed by atoms with van der Waals surface area (Å²) in [7, 11) is 0. The molecule has 0 unspecified atom stereocenters. The van der Waals surface area contributed by atoms with E-state index in [0.717, 1.165) is 19.5 Å². The highest BCUT2D eigenvalue weighted by Gasteiger charge is 2.09. The van der Waals surface area contributed by atoms with Gasteiger partial charge < -0.3 is 10.6 Å². The molecule has 17 heavy (non-hydrogen) atoms. The molecule has 0 aliphatic carbocycles. The van der Waals surface area contributed by atoms with E-state index >= 15 is 0 Å². The van der Waals surface area contributed by atoms with Crippen LogP contribution in [0, 0.1) is 0 Å². The van der Waals surface area contributed by atoms with Gasteiger partial charge in [0.25, 0.3) is 0 Å². The number of anilines is 2. The van der Waals surface area contributed by atoms with Gasteiger partial charge in [0.15, 0.2) is 0 Å². The van der Waals surface area contributed by atoms with Gasteiger partial charge in [-0.2, -0.15) is 0 Å². The molecule has 1 heterocycles. The van der Waals surface area contributed by atoms with Crippen LogP contribution in [0.15, 0.2) is 48.5 Å². The molecule has 86 valence electrons. The summed E-state index contributed by atoms with van der Waals surface area (Å²) in [5, 5.41) is 6.81. The van der Waals surface area contributed by atoms with Crippen LogP contribution < -0.4 is 10.6 Å². The van der Waals surface area contributed by atoms with Crippen LogP contribution in [0.25, 0.3) is 0 Å². The van der Waals surface area contributed by atoms with Gasteiger partial charge in [0.05, 0.1) is 0 Å². The van der Waals surface area contributed by atoms with E-state index < -0.39 is 0 Å². The lowest BCUT2D eigenvalue weighted by Gasteiger charge is -2.08. The molecule has 0 saturated carbocycles. The van der Waals surface area contributed by atoms with E-state index in [9.17, 15) is 0 Å². The van der Waals surface area contributed by atoms with Crippen molar-refractivity contribution in [3.05, 3.63) is 59.7 Å². The Bertz CT molecular complexity index is 506. The summed E-state index contributed by atoms with van der Waals surface area (Å²) in [4.78, 5) is 0. The average molecular weight is 224 g/mol. The fourth-order valence-electron chi connectivity index (χ4n) is 2.23. The highest BCUT2D eigenvalue weighted by atomic mass is 14.9. The Morgan fingerprint density at radius 1 is 1.06 bits per heavy atom. The van der Waals surface area contributed by atoms with Crippen molar-refractivity contribution in [3.63, 3.8) is 0 Å². The van der Waals surface area contributed by atoms with E-state index in [4.69, 9.17) is 0 Å². The zero-order chi connectivity index (χ0) is 11.5. The van der Waals surface area contributed by atoms with Gasteiger partial charge in [0.2, 0.25) is 0 Å². The maximum absolute atomic E-state index is 3.43. The second kappa shape index (κ2) is 4.50. The van der Waals surface area contributed by atoms with Gasteiger partial charge in [-0.05, 0) is 35.7 Å². The van der Waals surface area contributed by atoms with Crippen molar-refractivity contribution >= 4 is 11.4 Å². The molecule has 2 heteroatoms. The summed E-state index contributed by atoms with van der Waals surface area (Å²) >= 11 is 0. The number of para-hydroxylation sites is 1. The Morgan fingerprint density at radius 2 is 1.94 bits per heavy atom. The maximum Gasteiger partial charge on any atom is 0.0400 e. The van der Waals surface area contributed by atoms with Gasteiger partial charge in [-0.3, -0.25) is 0 Å². The van der Waals surface area contributed by atoms with Crippen LogP contribution in [0.1, 0.15) is 11.1 Å². The average Bonchev–Trinajstić information content (AvgIpc) is 2.85. The molecule has 2 N–H and O–H groups in total. The zero-order valence-corrected chi connectivity index (χ0v) is 9.74. The Morgan fingerprint density at radius 3 is 2.82 bits per heavy atom. The smallest absolute Gasteiger partial charge is 0.0400 e. The van der Waals surface area contributed by atoms with Gasteiger partial charge >= 0.3 is 0 Å². The molecule has 0 aromatic heterocycles. The van der Waals surface area contributed by atoms with E-state index in [1.54, 1.807) is 0 Å². The Hall–Kier alpha value is -1.96. The van der Waals surface area contributed by atoms with Crippen LogP contribution in [0.2, 0.25) is 0 Å². The summed E-state index contributed by atoms with van der Waals surface area (Å²) in [5.41, 5.74) is 5.26. The van der Waals surface area contributed by atoms with Crippen molar-refractivity contribution in [3.8, 4) is 0 Å². The number of benzene rings is 2. The summed E-state index contributed by atoms with van der Waals surface area (Å²) < 4.78 is 0. The lowest BCUT2D eigenvalue weighted by molar-refractivity contribution is 1.09. The van der Waals surface area contributed by atoms with Crippen LogP contribution in [-0.4, -0.2) is 6.54 Å². The molecule has 0 atom stereocenters. The van der Waals surface area contributed by atoms with E-state index in [0.29, 0.717) is 0 Å². The van der Waals surface area contributed by atoms with E-state index in [2.05, 4.69) is 53.1 Å². The molecule has 1 aliphatic rings. The lowest BCUT2D eigenvalue weighted by atomic mass is 10.1. The fraction of sp³-hybridized carbons (Fsp3) is 0.200. The molecule has 0 radical (unpaired) electrons. The fourth-order valence-corrected chi connectivity index (χ4v) is 2.23. The summed E-state index contributed by atoms with van der Waals surface area (Å²) in [6.07, 6.45) is 1.15. The zero-order valence-electron chi connectivity index (χ0n) is 9.74. The van der Waals surface area contributed by atoms with Gasteiger partial charge in [0, 0.05) is 24.5 Å². The third-order valence-corrected chi connectivity index (χ3v) is 3.15. The molecule has 0 saturated heterocycles. The standard InChI is InChI=1S/C15H16N2/c1-2-4-14(5-3-1)17-11-12-6-7-15-13(10-12)8-9-16-15/h1-7,10,16-17H,8-9,11H2. The lowest BCUT2D eigenvalue weighted by Crippen LogP contribution is -1.99. The molecule has 0 bridgehead atoms. The highest BCUT2D eigenvalue weighted by Crippen LogP contribution is 2.23. The Labute approximate surface area is 102 Å². The molecule has 2 nitrogen and oxygen atoms in total. The van der Waals surface area contributed by atoms with E-state index in [1.807, 2.05) is 6.07 Å². The topological polar surface area (TPSA) is 24.1 Å². The third kappa shape index (κ3) is 2.26. The normalized spacial score (nSPS) is 12.9. The van der Waals surface area contributed by atoms with Crippen molar-refractivity contribution in [2.45, 2.75) is 13.0 Å². The second-order valence-electron chi connectivity index (χ2n) is 4.39. The number of fused-ring (bicyclic) bond motifs is 1. The Balaban J connectivity index is 1.70. The van der Waals surface area contributed by atoms with Crippen molar-refractivity contribution in [1.82, 2.24) is 0 Å². The minimum Gasteiger partial charge on any atom is -0.384 e. The van der Waals surface area contributed by atoms with Crippen molar-refractivity contribution in [1.29, 1.82) is 0 Å². The molecule has 2 aromatic rings. The van der Waals surface area contributed by atoms with E-state index in [1.165, 1.54) is 22.5 Å². The predicted octanol–water partition coefficient (Wildman–Crippen LogP) is 3.27. The van der Waals surface area contributed by atoms with Crippen molar-refractivity contribution in [2.24, 2.45) is 0 Å². The number of hydrogen-bond acceptors (Lipinski definition) is 2. The largest absolute Gasteiger partial charge is 0.384 e. The molecule has 0 spiro atoms. The van der Waals surface area contributed by atoms with Gasteiger partial charge in [-0.1, -0.05) is 30.3 Å². The summed E-state index contributed by atoms with van der Waals surface area (Å²) in [6.45, 7) is 1.96. The highest BCUT2D eigenvalue weighted by molar-refractivity contribution is 5.57. The monoisotopic (exact) mass is 224 g/mol. The third-order valence-electron chi connectivity index (χ3n) is 3.15. The first-order valence-electron chi connectivity index (χ1n) is 6.06. The van der Waals surface area contributed by atoms with Crippen LogP contribution >= 0.6 is 0 Å². The first kappa shape index (κ1) is 10.2. The van der Waals surface area contributed by atoms with Crippen LogP contribution in [-0.2, 0) is 13.0 Å². The minimum atomic E-state index is 0.886. The minimum absolute atomic E-state index is 0.886. The SMILES string of the molecule is c1ccc(NCc2ccc3c(c2)CCN3)cc1. The maximum atomic E-state index is 3.43. The van der Waals surface area contributed by atoms with Crippen molar-refractivity contribution < 1.29 is 0 Å². The van der Waals surface area contributed by atoms with Crippen LogP contribution in [0.4, 0.5) is 11.4 Å². The van der Waals surface area contributed by atoms with Crippen LogP contribution in [0.5, 0.6) is 0 Å². The van der Waals surface area contributed by atoms with Crippen LogP contribution in [0.3, 0.4) is 0 Å².